The molecule has 0 aliphatic rings. The minimum absolute atomic E-state index is 0.400. The Balaban J connectivity index is 1.72. The first kappa shape index (κ1) is 15.8. The van der Waals surface area contributed by atoms with E-state index in [0.717, 1.165) is 16.3 Å². The molecule has 0 aliphatic heterocycles. The second-order valence-electron chi connectivity index (χ2n) is 6.13. The maximum absolute atomic E-state index is 11.5. The first-order valence-corrected chi connectivity index (χ1v) is 8.63. The molecule has 0 saturated heterocycles. The van der Waals surface area contributed by atoms with Crippen LogP contribution in [0.5, 0.6) is 11.6 Å². The third-order valence-electron chi connectivity index (χ3n) is 4.34. The van der Waals surface area contributed by atoms with Crippen molar-refractivity contribution in [3.05, 3.63) is 75.7 Å². The molecule has 0 unspecified atom stereocenters. The molecule has 3 heterocycles. The number of aromatic nitrogens is 3. The lowest BCUT2D eigenvalue weighted by atomic mass is 10.2. The Morgan fingerprint density at radius 2 is 1.93 bits per heavy atom. The first-order valence-electron chi connectivity index (χ1n) is 8.25. The molecule has 0 bridgehead atoms. The lowest BCUT2D eigenvalue weighted by Crippen LogP contribution is -1.98. The van der Waals surface area contributed by atoms with E-state index in [9.17, 15) is 4.79 Å². The highest BCUT2D eigenvalue weighted by Crippen LogP contribution is 2.32. The minimum Gasteiger partial charge on any atom is -0.438 e. The van der Waals surface area contributed by atoms with Gasteiger partial charge in [-0.3, -0.25) is 0 Å². The molecule has 0 atom stereocenters. The van der Waals surface area contributed by atoms with E-state index in [2.05, 4.69) is 10.1 Å². The number of fused-ring (bicyclic) bond motifs is 4. The summed E-state index contributed by atoms with van der Waals surface area (Å²) in [6.45, 7) is 1.83. The summed E-state index contributed by atoms with van der Waals surface area (Å²) < 4.78 is 13.0. The van der Waals surface area contributed by atoms with Gasteiger partial charge in [0.1, 0.15) is 16.4 Å². The van der Waals surface area contributed by atoms with E-state index in [1.807, 2.05) is 37.3 Å². The van der Waals surface area contributed by atoms with Crippen molar-refractivity contribution >= 4 is 39.1 Å². The predicted octanol–water partition coefficient (Wildman–Crippen LogP) is 4.74. The van der Waals surface area contributed by atoms with E-state index in [4.69, 9.17) is 20.8 Å². The fourth-order valence-electron chi connectivity index (χ4n) is 3.05. The van der Waals surface area contributed by atoms with Crippen molar-refractivity contribution in [2.45, 2.75) is 6.92 Å². The van der Waals surface area contributed by atoms with Gasteiger partial charge in [0.2, 0.25) is 5.88 Å². The number of halogens is 1. The van der Waals surface area contributed by atoms with E-state index >= 15 is 0 Å². The summed E-state index contributed by atoms with van der Waals surface area (Å²) in [6, 6.07) is 16.0. The number of rotatable bonds is 2. The summed E-state index contributed by atoms with van der Waals surface area (Å²) in [5.74, 6) is 0.906. The molecule has 5 rings (SSSR count). The van der Waals surface area contributed by atoms with Crippen LogP contribution in [0, 0.1) is 6.92 Å². The number of para-hydroxylation sites is 1. The number of benzene rings is 2. The number of aryl methyl sites for hydroxylation is 1. The summed E-state index contributed by atoms with van der Waals surface area (Å²) in [6.07, 6.45) is 0. The number of ether oxygens (including phenoxy) is 1. The molecule has 0 N–H and O–H groups in total. The van der Waals surface area contributed by atoms with Crippen LogP contribution in [-0.4, -0.2) is 14.6 Å². The van der Waals surface area contributed by atoms with E-state index in [1.165, 1.54) is 6.07 Å². The van der Waals surface area contributed by atoms with Gasteiger partial charge in [0.15, 0.2) is 5.65 Å². The summed E-state index contributed by atoms with van der Waals surface area (Å²) in [7, 11) is 0. The smallest absolute Gasteiger partial charge is 0.336 e. The standard InChI is InChI=1S/C20H12ClN3O3/c1-11-18(21)19-22-20(14-4-2-3-5-15(14)24(19)23-11)26-13-8-6-12-7-9-17(25)27-16(12)10-13/h2-10H,1H3. The van der Waals surface area contributed by atoms with Gasteiger partial charge in [-0.15, -0.1) is 0 Å². The molecule has 3 aromatic heterocycles. The highest BCUT2D eigenvalue weighted by molar-refractivity contribution is 6.34. The van der Waals surface area contributed by atoms with Gasteiger partial charge in [0.05, 0.1) is 16.6 Å². The van der Waals surface area contributed by atoms with Gasteiger partial charge in [0.25, 0.3) is 0 Å². The van der Waals surface area contributed by atoms with E-state index in [0.29, 0.717) is 33.6 Å². The van der Waals surface area contributed by atoms with Gasteiger partial charge in [-0.1, -0.05) is 23.7 Å². The van der Waals surface area contributed by atoms with Gasteiger partial charge in [0, 0.05) is 17.5 Å². The maximum Gasteiger partial charge on any atom is 0.336 e. The largest absolute Gasteiger partial charge is 0.438 e. The zero-order valence-corrected chi connectivity index (χ0v) is 14.9. The molecule has 0 radical (unpaired) electrons. The Morgan fingerprint density at radius 1 is 1.11 bits per heavy atom. The average molecular weight is 378 g/mol. The maximum atomic E-state index is 11.5. The number of nitrogens with zero attached hydrogens (tertiary/aromatic N) is 3. The fourth-order valence-corrected chi connectivity index (χ4v) is 3.21. The molecule has 0 fully saturated rings. The molecule has 7 heteroatoms. The third-order valence-corrected chi connectivity index (χ3v) is 4.79. The molecular weight excluding hydrogens is 366 g/mol. The van der Waals surface area contributed by atoms with Crippen molar-refractivity contribution < 1.29 is 9.15 Å². The quantitative estimate of drug-likeness (QED) is 0.415. The SMILES string of the molecule is Cc1nn2c(nc(Oc3ccc4ccc(=O)oc4c3)c3ccccc32)c1Cl. The van der Waals surface area contributed by atoms with E-state index in [1.54, 1.807) is 22.7 Å². The Morgan fingerprint density at radius 3 is 2.81 bits per heavy atom. The minimum atomic E-state index is -0.411. The van der Waals surface area contributed by atoms with Gasteiger partial charge in [-0.05, 0) is 37.3 Å². The summed E-state index contributed by atoms with van der Waals surface area (Å²) >= 11 is 6.36. The Labute approximate surface area is 157 Å². The van der Waals surface area contributed by atoms with Gasteiger partial charge < -0.3 is 9.15 Å². The van der Waals surface area contributed by atoms with Crippen molar-refractivity contribution in [3.8, 4) is 11.6 Å². The zero-order valence-electron chi connectivity index (χ0n) is 14.1. The normalized spacial score (nSPS) is 11.5. The molecule has 0 saturated carbocycles. The molecule has 0 amide bonds. The lowest BCUT2D eigenvalue weighted by Gasteiger charge is -2.10. The van der Waals surface area contributed by atoms with Crippen LogP contribution in [0.15, 0.2) is 63.8 Å². The van der Waals surface area contributed by atoms with Crippen molar-refractivity contribution in [2.75, 3.05) is 0 Å². The van der Waals surface area contributed by atoms with Crippen molar-refractivity contribution in [2.24, 2.45) is 0 Å². The molecule has 0 spiro atoms. The summed E-state index contributed by atoms with van der Waals surface area (Å²) in [4.78, 5) is 16.0. The summed E-state index contributed by atoms with van der Waals surface area (Å²) in [5.41, 5.74) is 2.09. The van der Waals surface area contributed by atoms with Gasteiger partial charge in [-0.25, -0.2) is 9.31 Å². The monoisotopic (exact) mass is 377 g/mol. The second-order valence-corrected chi connectivity index (χ2v) is 6.50. The second kappa shape index (κ2) is 5.82. The predicted molar refractivity (Wildman–Crippen MR) is 103 cm³/mol. The molecule has 6 nitrogen and oxygen atoms in total. The van der Waals surface area contributed by atoms with Gasteiger partial charge in [-0.2, -0.15) is 10.1 Å². The Kier molecular flexibility index (Phi) is 3.42. The lowest BCUT2D eigenvalue weighted by molar-refractivity contribution is 0.468. The van der Waals surface area contributed by atoms with E-state index in [-0.39, 0.29) is 0 Å². The molecule has 27 heavy (non-hydrogen) atoms. The molecule has 5 aromatic rings. The Hall–Kier alpha value is -3.38. The van der Waals surface area contributed by atoms with Crippen molar-refractivity contribution in [3.63, 3.8) is 0 Å². The first-order chi connectivity index (χ1) is 13.1. The highest BCUT2D eigenvalue weighted by atomic mass is 35.5. The number of hydrogen-bond acceptors (Lipinski definition) is 5. The number of hydrogen-bond donors (Lipinski definition) is 0. The highest BCUT2D eigenvalue weighted by Gasteiger charge is 2.16. The Bertz CT molecular complexity index is 1400. The third kappa shape index (κ3) is 2.53. The van der Waals surface area contributed by atoms with Crippen LogP contribution in [0.25, 0.3) is 27.5 Å². The molecular formula is C20H12ClN3O3. The van der Waals surface area contributed by atoms with E-state index < -0.39 is 5.63 Å². The fraction of sp³-hybridized carbons (Fsp3) is 0.0500. The zero-order chi connectivity index (χ0) is 18.5. The topological polar surface area (TPSA) is 69.6 Å². The van der Waals surface area contributed by atoms with Crippen molar-refractivity contribution in [1.29, 1.82) is 0 Å². The van der Waals surface area contributed by atoms with Crippen LogP contribution < -0.4 is 10.4 Å². The van der Waals surface area contributed by atoms with Crippen LogP contribution in [0.2, 0.25) is 5.02 Å². The molecule has 0 aliphatic carbocycles. The molecule has 132 valence electrons. The van der Waals surface area contributed by atoms with Crippen LogP contribution in [0.4, 0.5) is 0 Å². The van der Waals surface area contributed by atoms with Gasteiger partial charge >= 0.3 is 5.63 Å². The van der Waals surface area contributed by atoms with Crippen molar-refractivity contribution in [1.82, 2.24) is 14.6 Å². The van der Waals surface area contributed by atoms with Crippen LogP contribution in [0.3, 0.4) is 0 Å². The molecule has 2 aromatic carbocycles. The van der Waals surface area contributed by atoms with Crippen LogP contribution in [0.1, 0.15) is 5.69 Å². The van der Waals surface area contributed by atoms with Crippen LogP contribution >= 0.6 is 11.6 Å². The summed E-state index contributed by atoms with van der Waals surface area (Å²) in [5, 5.41) is 6.54. The average Bonchev–Trinajstić information content (AvgIpc) is 2.96. The van der Waals surface area contributed by atoms with Crippen LogP contribution in [-0.2, 0) is 0 Å².